The predicted octanol–water partition coefficient (Wildman–Crippen LogP) is 1.92. The minimum absolute atomic E-state index is 0.143. The van der Waals surface area contributed by atoms with Crippen LogP contribution in [0.5, 0.6) is 0 Å². The zero-order chi connectivity index (χ0) is 20.0. The monoisotopic (exact) mass is 376 g/mol. The first-order chi connectivity index (χ1) is 12.8. The molecule has 1 saturated carbocycles. The lowest BCUT2D eigenvalue weighted by Crippen LogP contribution is -2.32. The maximum atomic E-state index is 12.0. The summed E-state index contributed by atoms with van der Waals surface area (Å²) in [6.45, 7) is 2.79. The Morgan fingerprint density at radius 1 is 1.33 bits per heavy atom. The fourth-order valence-corrected chi connectivity index (χ4v) is 3.49. The molecule has 4 atom stereocenters. The molecule has 0 aromatic heterocycles. The van der Waals surface area contributed by atoms with E-state index in [-0.39, 0.29) is 37.1 Å². The van der Waals surface area contributed by atoms with Crippen molar-refractivity contribution >= 4 is 17.7 Å². The summed E-state index contributed by atoms with van der Waals surface area (Å²) in [6, 6.07) is 9.10. The van der Waals surface area contributed by atoms with E-state index in [1.807, 2.05) is 37.3 Å². The number of benzene rings is 1. The van der Waals surface area contributed by atoms with Crippen LogP contribution in [-0.4, -0.2) is 35.7 Å². The van der Waals surface area contributed by atoms with Crippen LogP contribution in [0.2, 0.25) is 0 Å². The Labute approximate surface area is 157 Å². The van der Waals surface area contributed by atoms with Gasteiger partial charge >= 0.3 is 5.97 Å². The van der Waals surface area contributed by atoms with Crippen LogP contribution in [0.3, 0.4) is 0 Å². The fourth-order valence-electron chi connectivity index (χ4n) is 3.49. The van der Waals surface area contributed by atoms with Crippen LogP contribution in [0.1, 0.15) is 38.3 Å². The number of carbonyl (C=O) groups is 3. The summed E-state index contributed by atoms with van der Waals surface area (Å²) in [4.78, 5) is 46.3. The van der Waals surface area contributed by atoms with E-state index in [0.29, 0.717) is 0 Å². The van der Waals surface area contributed by atoms with Gasteiger partial charge < -0.3 is 10.1 Å². The fraction of sp³-hybridized carbons (Fsp3) is 0.526. The van der Waals surface area contributed by atoms with E-state index < -0.39 is 35.2 Å². The molecule has 1 amide bonds. The Hall–Kier alpha value is -2.77. The zero-order valence-electron chi connectivity index (χ0n) is 15.4. The first kappa shape index (κ1) is 20.5. The number of ether oxygens (including phenoxy) is 1. The van der Waals surface area contributed by atoms with Crippen molar-refractivity contribution in [3.8, 4) is 0 Å². The highest BCUT2D eigenvalue weighted by Crippen LogP contribution is 2.36. The molecule has 8 nitrogen and oxygen atoms in total. The minimum Gasteiger partial charge on any atom is -0.456 e. The number of rotatable bonds is 8. The molecular formula is C19H24N2O6. The third-order valence-corrected chi connectivity index (χ3v) is 4.97. The lowest BCUT2D eigenvalue weighted by Gasteiger charge is -2.17. The standard InChI is InChI=1S/C19H24N2O6/c1-12-8-17(22)15(16(12)10-21(25)26)9-19(24)27-11-18(23)20-13(2)14-6-4-3-5-7-14/h3-7,12-13,15-16H,8-11H2,1-2H3,(H,20,23)/t12-,13-,15+,16+/m0/s1. The lowest BCUT2D eigenvalue weighted by atomic mass is 9.88. The van der Waals surface area contributed by atoms with Crippen molar-refractivity contribution in [3.63, 3.8) is 0 Å². The third kappa shape index (κ3) is 5.87. The topological polar surface area (TPSA) is 116 Å². The minimum atomic E-state index is -0.718. The molecule has 1 aromatic carbocycles. The Morgan fingerprint density at radius 2 is 2.00 bits per heavy atom. The number of amides is 1. The van der Waals surface area contributed by atoms with Crippen LogP contribution in [0.4, 0.5) is 0 Å². The van der Waals surface area contributed by atoms with Gasteiger partial charge in [0.2, 0.25) is 6.54 Å². The van der Waals surface area contributed by atoms with Crippen molar-refractivity contribution in [2.75, 3.05) is 13.2 Å². The lowest BCUT2D eigenvalue weighted by molar-refractivity contribution is -0.490. The molecule has 8 heteroatoms. The van der Waals surface area contributed by atoms with Gasteiger partial charge in [-0.3, -0.25) is 24.5 Å². The van der Waals surface area contributed by atoms with E-state index in [0.717, 1.165) is 5.56 Å². The summed E-state index contributed by atoms with van der Waals surface area (Å²) in [7, 11) is 0. The van der Waals surface area contributed by atoms with Crippen LogP contribution in [-0.2, 0) is 19.1 Å². The van der Waals surface area contributed by atoms with Gasteiger partial charge in [0.1, 0.15) is 5.78 Å². The molecule has 0 spiro atoms. The molecule has 0 heterocycles. The van der Waals surface area contributed by atoms with Crippen molar-refractivity contribution in [1.29, 1.82) is 0 Å². The van der Waals surface area contributed by atoms with Gasteiger partial charge in [-0.15, -0.1) is 0 Å². The predicted molar refractivity (Wildman–Crippen MR) is 96.2 cm³/mol. The zero-order valence-corrected chi connectivity index (χ0v) is 15.4. The number of ketones is 1. The second-order valence-corrected chi connectivity index (χ2v) is 7.00. The van der Waals surface area contributed by atoms with E-state index in [2.05, 4.69) is 5.32 Å². The van der Waals surface area contributed by atoms with E-state index in [1.54, 1.807) is 6.92 Å². The highest BCUT2D eigenvalue weighted by Gasteiger charge is 2.44. The second kappa shape index (κ2) is 9.25. The molecule has 1 aromatic rings. The van der Waals surface area contributed by atoms with Gasteiger partial charge in [0.15, 0.2) is 6.61 Å². The number of nitrogens with one attached hydrogen (secondary N) is 1. The summed E-state index contributed by atoms with van der Waals surface area (Å²) in [6.07, 6.45) is -0.00523. The molecule has 1 aliphatic carbocycles. The molecule has 1 aliphatic rings. The van der Waals surface area contributed by atoms with Gasteiger partial charge in [-0.2, -0.15) is 0 Å². The van der Waals surface area contributed by atoms with E-state index >= 15 is 0 Å². The van der Waals surface area contributed by atoms with Crippen LogP contribution >= 0.6 is 0 Å². The van der Waals surface area contributed by atoms with Crippen LogP contribution in [0, 0.1) is 27.9 Å². The van der Waals surface area contributed by atoms with Crippen molar-refractivity contribution in [1.82, 2.24) is 5.32 Å². The second-order valence-electron chi connectivity index (χ2n) is 7.00. The molecule has 0 unspecified atom stereocenters. The number of nitro groups is 1. The number of esters is 1. The van der Waals surface area contributed by atoms with Crippen LogP contribution in [0.25, 0.3) is 0 Å². The summed E-state index contributed by atoms with van der Waals surface area (Å²) >= 11 is 0. The molecule has 0 aliphatic heterocycles. The number of hydrogen-bond donors (Lipinski definition) is 1. The molecule has 27 heavy (non-hydrogen) atoms. The van der Waals surface area contributed by atoms with Gasteiger partial charge in [0.05, 0.1) is 12.5 Å². The maximum Gasteiger partial charge on any atom is 0.307 e. The largest absolute Gasteiger partial charge is 0.456 e. The molecular weight excluding hydrogens is 352 g/mol. The van der Waals surface area contributed by atoms with Gasteiger partial charge in [-0.05, 0) is 18.4 Å². The van der Waals surface area contributed by atoms with Gasteiger partial charge in [0, 0.05) is 23.2 Å². The Balaban J connectivity index is 1.82. The van der Waals surface area contributed by atoms with E-state index in [1.165, 1.54) is 0 Å². The number of nitrogens with zero attached hydrogens (tertiary/aromatic N) is 1. The van der Waals surface area contributed by atoms with E-state index in [4.69, 9.17) is 4.74 Å². The molecule has 0 bridgehead atoms. The smallest absolute Gasteiger partial charge is 0.307 e. The molecule has 1 fully saturated rings. The highest BCUT2D eigenvalue weighted by atomic mass is 16.6. The van der Waals surface area contributed by atoms with Gasteiger partial charge in [-0.1, -0.05) is 37.3 Å². The maximum absolute atomic E-state index is 12.0. The normalized spacial score (nSPS) is 22.9. The van der Waals surface area contributed by atoms with E-state index in [9.17, 15) is 24.5 Å². The third-order valence-electron chi connectivity index (χ3n) is 4.97. The Bertz CT molecular complexity index is 705. The molecule has 0 radical (unpaired) electrons. The highest BCUT2D eigenvalue weighted by molar-refractivity contribution is 5.88. The van der Waals surface area contributed by atoms with Crippen molar-refractivity contribution in [3.05, 3.63) is 46.0 Å². The number of carbonyl (C=O) groups excluding carboxylic acids is 3. The van der Waals surface area contributed by atoms with Crippen molar-refractivity contribution in [2.24, 2.45) is 17.8 Å². The number of Topliss-reactive ketones (excluding diaryl/α,β-unsaturated/α-hetero) is 1. The molecule has 0 saturated heterocycles. The average molecular weight is 376 g/mol. The van der Waals surface area contributed by atoms with Crippen LogP contribution < -0.4 is 5.32 Å². The van der Waals surface area contributed by atoms with Gasteiger partial charge in [-0.25, -0.2) is 0 Å². The van der Waals surface area contributed by atoms with Crippen molar-refractivity contribution < 1.29 is 24.0 Å². The summed E-state index contributed by atoms with van der Waals surface area (Å²) < 4.78 is 4.97. The van der Waals surface area contributed by atoms with Crippen molar-refractivity contribution in [2.45, 2.75) is 32.7 Å². The molecule has 1 N–H and O–H groups in total. The first-order valence-corrected chi connectivity index (χ1v) is 8.92. The average Bonchev–Trinajstić information content (AvgIpc) is 2.87. The first-order valence-electron chi connectivity index (χ1n) is 8.92. The Kier molecular flexibility index (Phi) is 7.04. The SMILES string of the molecule is C[C@H](NC(=O)COC(=O)C[C@H]1C(=O)C[C@H](C)[C@H]1C[N+](=O)[O-])c1ccccc1. The summed E-state index contributed by atoms with van der Waals surface area (Å²) in [5.74, 6) is -2.65. The Morgan fingerprint density at radius 3 is 2.63 bits per heavy atom. The molecule has 2 rings (SSSR count). The van der Waals surface area contributed by atoms with Gasteiger partial charge in [0.25, 0.3) is 5.91 Å². The summed E-state index contributed by atoms with van der Waals surface area (Å²) in [5, 5.41) is 13.5. The van der Waals surface area contributed by atoms with Crippen LogP contribution in [0.15, 0.2) is 30.3 Å². The summed E-state index contributed by atoms with van der Waals surface area (Å²) in [5.41, 5.74) is 0.922. The number of hydrogen-bond acceptors (Lipinski definition) is 6. The molecule has 146 valence electrons. The quantitative estimate of drug-likeness (QED) is 0.421.